The number of carbonyl (C=O) groups is 4. The van der Waals surface area contributed by atoms with E-state index in [-0.39, 0.29) is 25.5 Å². The summed E-state index contributed by atoms with van der Waals surface area (Å²) in [6.45, 7) is 7.92. The minimum Gasteiger partial charge on any atom is -0.465 e. The average Bonchev–Trinajstić information content (AvgIpc) is 2.79. The Morgan fingerprint density at radius 3 is 2.35 bits per heavy atom. The monoisotopic (exact) mass is 522 g/mol. The number of nitrogens with one attached hydrogen (secondary N) is 3. The maximum absolute atomic E-state index is 12.5. The second-order valence-corrected chi connectivity index (χ2v) is 9.64. The van der Waals surface area contributed by atoms with Crippen LogP contribution in [0.1, 0.15) is 65.4 Å². The zero-order valence-electron chi connectivity index (χ0n) is 22.6. The summed E-state index contributed by atoms with van der Waals surface area (Å²) in [6, 6.07) is 8.77. The Morgan fingerprint density at radius 1 is 1.00 bits per heavy atom. The third kappa shape index (κ3) is 16.9. The van der Waals surface area contributed by atoms with Crippen molar-refractivity contribution in [3.63, 3.8) is 0 Å². The molecule has 37 heavy (non-hydrogen) atoms. The van der Waals surface area contributed by atoms with Gasteiger partial charge in [0.25, 0.3) is 0 Å². The van der Waals surface area contributed by atoms with Gasteiger partial charge in [0, 0.05) is 26.1 Å². The standard InChI is InChI=1S/C26H42N4O7/c1-6-7-16-35-23(32)18-30(5)29-22(31)17-21(28-25(34)37-26(2,3)4)14-11-15-27-24(33)36-19-20-12-9-8-10-13-20/h8-10,12-13,21H,6-7,11,14-19H2,1-5H3,(H,27,33)(H,28,34)(H,29,31)/t21-/m0/s1. The van der Waals surface area contributed by atoms with Gasteiger partial charge in [-0.3, -0.25) is 15.0 Å². The number of benzene rings is 1. The highest BCUT2D eigenvalue weighted by atomic mass is 16.6. The number of hydrogen-bond acceptors (Lipinski definition) is 8. The molecule has 0 saturated heterocycles. The second-order valence-electron chi connectivity index (χ2n) is 9.64. The van der Waals surface area contributed by atoms with Crippen molar-refractivity contribution in [2.24, 2.45) is 0 Å². The van der Waals surface area contributed by atoms with Crippen LogP contribution in [0.15, 0.2) is 30.3 Å². The van der Waals surface area contributed by atoms with Crippen molar-refractivity contribution >= 4 is 24.1 Å². The summed E-state index contributed by atoms with van der Waals surface area (Å²) in [5.41, 5.74) is 2.79. The molecular formula is C26H42N4O7. The highest BCUT2D eigenvalue weighted by molar-refractivity contribution is 5.78. The maximum Gasteiger partial charge on any atom is 0.407 e. The molecule has 11 heteroatoms. The fourth-order valence-corrected chi connectivity index (χ4v) is 3.10. The molecule has 1 rings (SSSR count). The van der Waals surface area contributed by atoms with Crippen LogP contribution in [0.3, 0.4) is 0 Å². The third-order valence-electron chi connectivity index (χ3n) is 4.81. The number of hydrazine groups is 1. The average molecular weight is 523 g/mol. The van der Waals surface area contributed by atoms with E-state index in [1.54, 1.807) is 27.8 Å². The van der Waals surface area contributed by atoms with Crippen LogP contribution in [0, 0.1) is 0 Å². The molecule has 1 aromatic rings. The van der Waals surface area contributed by atoms with Crippen molar-refractivity contribution in [2.45, 2.75) is 78.0 Å². The van der Waals surface area contributed by atoms with Gasteiger partial charge in [0.15, 0.2) is 0 Å². The van der Waals surface area contributed by atoms with E-state index in [1.807, 2.05) is 37.3 Å². The molecule has 1 atom stereocenters. The smallest absolute Gasteiger partial charge is 0.407 e. The van der Waals surface area contributed by atoms with Gasteiger partial charge in [0.05, 0.1) is 6.61 Å². The predicted octanol–water partition coefficient (Wildman–Crippen LogP) is 3.28. The Labute approximate surface area is 219 Å². The lowest BCUT2D eigenvalue weighted by Gasteiger charge is -2.24. The van der Waals surface area contributed by atoms with Gasteiger partial charge in [-0.05, 0) is 45.6 Å². The molecule has 0 radical (unpaired) electrons. The normalized spacial score (nSPS) is 11.8. The number of amides is 3. The van der Waals surface area contributed by atoms with Crippen LogP contribution in [0.2, 0.25) is 0 Å². The molecule has 3 N–H and O–H groups in total. The van der Waals surface area contributed by atoms with E-state index in [2.05, 4.69) is 16.1 Å². The number of hydrogen-bond donors (Lipinski definition) is 3. The number of nitrogens with zero attached hydrogens (tertiary/aromatic N) is 1. The highest BCUT2D eigenvalue weighted by Gasteiger charge is 2.22. The summed E-state index contributed by atoms with van der Waals surface area (Å²) >= 11 is 0. The van der Waals surface area contributed by atoms with Crippen LogP contribution in [0.4, 0.5) is 9.59 Å². The second kappa shape index (κ2) is 17.2. The summed E-state index contributed by atoms with van der Waals surface area (Å²) < 4.78 is 15.6. The molecule has 208 valence electrons. The first-order valence-electron chi connectivity index (χ1n) is 12.6. The van der Waals surface area contributed by atoms with E-state index in [1.165, 1.54) is 5.01 Å². The SMILES string of the molecule is CCCCOC(=O)CN(C)NC(=O)C[C@H](CCCNC(=O)OCc1ccccc1)NC(=O)OC(C)(C)C. The van der Waals surface area contributed by atoms with E-state index in [4.69, 9.17) is 14.2 Å². The molecule has 0 bridgehead atoms. The molecule has 0 aliphatic heterocycles. The van der Waals surface area contributed by atoms with E-state index in [0.29, 0.717) is 26.0 Å². The van der Waals surface area contributed by atoms with Crippen molar-refractivity contribution in [1.29, 1.82) is 0 Å². The number of likely N-dealkylation sites (N-methyl/N-ethyl adjacent to an activating group) is 1. The van der Waals surface area contributed by atoms with Crippen molar-refractivity contribution in [2.75, 3.05) is 26.7 Å². The van der Waals surface area contributed by atoms with Gasteiger partial charge in [-0.25, -0.2) is 14.6 Å². The molecule has 0 unspecified atom stereocenters. The molecule has 0 saturated carbocycles. The number of rotatable bonds is 15. The first-order chi connectivity index (χ1) is 17.5. The van der Waals surface area contributed by atoms with E-state index >= 15 is 0 Å². The summed E-state index contributed by atoms with van der Waals surface area (Å²) in [6.07, 6.45) is 1.32. The molecule has 0 heterocycles. The van der Waals surface area contributed by atoms with Gasteiger partial charge in [0.1, 0.15) is 18.8 Å². The van der Waals surface area contributed by atoms with Gasteiger partial charge < -0.3 is 24.8 Å². The van der Waals surface area contributed by atoms with Crippen LogP contribution in [-0.2, 0) is 30.4 Å². The first-order valence-corrected chi connectivity index (χ1v) is 12.6. The van der Waals surface area contributed by atoms with Crippen LogP contribution in [0.5, 0.6) is 0 Å². The van der Waals surface area contributed by atoms with Crippen molar-refractivity contribution < 1.29 is 33.4 Å². The highest BCUT2D eigenvalue weighted by Crippen LogP contribution is 2.09. The third-order valence-corrected chi connectivity index (χ3v) is 4.81. The lowest BCUT2D eigenvalue weighted by Crippen LogP contribution is -2.46. The quantitative estimate of drug-likeness (QED) is 0.138. The van der Waals surface area contributed by atoms with Gasteiger partial charge in [-0.1, -0.05) is 43.7 Å². The zero-order chi connectivity index (χ0) is 27.7. The number of ether oxygens (including phenoxy) is 3. The Balaban J connectivity index is 2.50. The molecule has 0 aromatic heterocycles. The van der Waals surface area contributed by atoms with Crippen LogP contribution in [-0.4, -0.2) is 67.5 Å². The number of unbranched alkanes of at least 4 members (excludes halogenated alkanes) is 1. The minimum absolute atomic E-state index is 0.0487. The van der Waals surface area contributed by atoms with Gasteiger partial charge >= 0.3 is 18.2 Å². The van der Waals surface area contributed by atoms with Crippen LogP contribution >= 0.6 is 0 Å². The molecule has 0 aliphatic rings. The van der Waals surface area contributed by atoms with Gasteiger partial charge in [-0.15, -0.1) is 0 Å². The number of alkyl carbamates (subject to hydrolysis) is 2. The largest absolute Gasteiger partial charge is 0.465 e. The molecular weight excluding hydrogens is 480 g/mol. The van der Waals surface area contributed by atoms with Crippen molar-refractivity contribution in [3.8, 4) is 0 Å². The molecule has 0 spiro atoms. The Kier molecular flexibility index (Phi) is 14.7. The summed E-state index contributed by atoms with van der Waals surface area (Å²) in [5.74, 6) is -0.829. The fourth-order valence-electron chi connectivity index (χ4n) is 3.10. The molecule has 3 amide bonds. The lowest BCUT2D eigenvalue weighted by molar-refractivity contribution is -0.146. The topological polar surface area (TPSA) is 135 Å². The van der Waals surface area contributed by atoms with Crippen molar-refractivity contribution in [1.82, 2.24) is 21.1 Å². The van der Waals surface area contributed by atoms with Crippen LogP contribution in [0.25, 0.3) is 0 Å². The molecule has 1 aromatic carbocycles. The van der Waals surface area contributed by atoms with Gasteiger partial charge in [-0.2, -0.15) is 0 Å². The Hall–Kier alpha value is -3.34. The summed E-state index contributed by atoms with van der Waals surface area (Å²) in [4.78, 5) is 48.6. The predicted molar refractivity (Wildman–Crippen MR) is 138 cm³/mol. The Morgan fingerprint density at radius 2 is 1.70 bits per heavy atom. The zero-order valence-corrected chi connectivity index (χ0v) is 22.6. The van der Waals surface area contributed by atoms with E-state index < -0.39 is 29.8 Å². The van der Waals surface area contributed by atoms with E-state index in [9.17, 15) is 19.2 Å². The number of carbonyl (C=O) groups excluding carboxylic acids is 4. The number of esters is 1. The maximum atomic E-state index is 12.5. The Bertz CT molecular complexity index is 843. The lowest BCUT2D eigenvalue weighted by atomic mass is 10.1. The molecule has 0 fully saturated rings. The molecule has 11 nitrogen and oxygen atoms in total. The first kappa shape index (κ1) is 31.7. The van der Waals surface area contributed by atoms with Crippen LogP contribution < -0.4 is 16.1 Å². The minimum atomic E-state index is -0.695. The molecule has 0 aliphatic carbocycles. The fraction of sp³-hybridized carbons (Fsp3) is 0.615. The van der Waals surface area contributed by atoms with Gasteiger partial charge in [0.2, 0.25) is 5.91 Å². The summed E-state index contributed by atoms with van der Waals surface area (Å²) in [5, 5.41) is 6.71. The van der Waals surface area contributed by atoms with Crippen molar-refractivity contribution in [3.05, 3.63) is 35.9 Å². The summed E-state index contributed by atoms with van der Waals surface area (Å²) in [7, 11) is 1.56. The van der Waals surface area contributed by atoms with E-state index in [0.717, 1.165) is 18.4 Å².